The number of likely N-dealkylation sites (tertiary alicyclic amines) is 1. The Balaban J connectivity index is 1.21. The van der Waals surface area contributed by atoms with Crippen LogP contribution in [0, 0.1) is 5.92 Å². The molecule has 5 nitrogen and oxygen atoms in total. The van der Waals surface area contributed by atoms with E-state index in [2.05, 4.69) is 53.4 Å². The minimum atomic E-state index is 0.217. The Bertz CT molecular complexity index is 810. The average molecular weight is 410 g/mol. The third kappa shape index (κ3) is 5.41. The van der Waals surface area contributed by atoms with Crippen molar-refractivity contribution in [3.8, 4) is 5.75 Å². The highest BCUT2D eigenvalue weighted by Crippen LogP contribution is 2.15. The van der Waals surface area contributed by atoms with Gasteiger partial charge in [-0.05, 0) is 12.1 Å². The molecule has 2 fully saturated rings. The molecule has 0 aromatic heterocycles. The number of benzene rings is 2. The van der Waals surface area contributed by atoms with Gasteiger partial charge in [-0.1, -0.05) is 42.5 Å². The van der Waals surface area contributed by atoms with Crippen LogP contribution in [0.4, 0.5) is 0 Å². The second-order valence-corrected chi connectivity index (χ2v) is 8.79. The van der Waals surface area contributed by atoms with Crippen LogP contribution >= 0.6 is 0 Å². The SMILES string of the molecule is COc1cccc(C[NH+]2CCC(C(=O)N3CC[NH+](Cc4ccccc4)CC3)CC2)c1. The normalized spacial score (nSPS) is 22.6. The van der Waals surface area contributed by atoms with E-state index < -0.39 is 0 Å². The summed E-state index contributed by atoms with van der Waals surface area (Å²) in [5.74, 6) is 1.54. The Morgan fingerprint density at radius 3 is 2.23 bits per heavy atom. The van der Waals surface area contributed by atoms with Gasteiger partial charge >= 0.3 is 0 Å². The van der Waals surface area contributed by atoms with Crippen LogP contribution in [0.15, 0.2) is 54.6 Å². The van der Waals surface area contributed by atoms with Crippen LogP contribution in [0.5, 0.6) is 5.75 Å². The summed E-state index contributed by atoms with van der Waals surface area (Å²) in [5.41, 5.74) is 2.70. The molecule has 2 aromatic rings. The second-order valence-electron chi connectivity index (χ2n) is 8.79. The molecule has 0 radical (unpaired) electrons. The largest absolute Gasteiger partial charge is 0.497 e. The Hall–Kier alpha value is -2.37. The Morgan fingerprint density at radius 1 is 0.900 bits per heavy atom. The number of nitrogens with zero attached hydrogens (tertiary/aromatic N) is 1. The molecule has 0 atom stereocenters. The molecule has 2 aliphatic heterocycles. The molecular formula is C25H35N3O2+2. The maximum Gasteiger partial charge on any atom is 0.226 e. The third-order valence-corrected chi connectivity index (χ3v) is 6.71. The number of hydrogen-bond donors (Lipinski definition) is 2. The Labute approximate surface area is 180 Å². The first kappa shape index (κ1) is 20.9. The summed E-state index contributed by atoms with van der Waals surface area (Å²) in [7, 11) is 1.71. The van der Waals surface area contributed by atoms with Crippen LogP contribution < -0.4 is 14.5 Å². The highest BCUT2D eigenvalue weighted by molar-refractivity contribution is 5.79. The molecule has 2 aromatic carbocycles. The highest BCUT2D eigenvalue weighted by Gasteiger charge is 2.32. The molecule has 5 heteroatoms. The van der Waals surface area contributed by atoms with E-state index in [4.69, 9.17) is 4.74 Å². The number of carbonyl (C=O) groups is 1. The van der Waals surface area contributed by atoms with Gasteiger partial charge in [0.15, 0.2) is 0 Å². The third-order valence-electron chi connectivity index (χ3n) is 6.71. The van der Waals surface area contributed by atoms with Crippen molar-refractivity contribution in [2.45, 2.75) is 25.9 Å². The summed E-state index contributed by atoms with van der Waals surface area (Å²) >= 11 is 0. The Morgan fingerprint density at radius 2 is 1.53 bits per heavy atom. The maximum absolute atomic E-state index is 13.1. The molecular weight excluding hydrogens is 374 g/mol. The predicted octanol–water partition coefficient (Wildman–Crippen LogP) is 0.417. The summed E-state index contributed by atoms with van der Waals surface area (Å²) in [4.78, 5) is 18.3. The lowest BCUT2D eigenvalue weighted by Crippen LogP contribution is -3.13. The van der Waals surface area contributed by atoms with Gasteiger partial charge < -0.3 is 19.4 Å². The topological polar surface area (TPSA) is 38.4 Å². The van der Waals surface area contributed by atoms with Crippen molar-refractivity contribution in [3.05, 3.63) is 65.7 Å². The number of piperidine rings is 1. The predicted molar refractivity (Wildman–Crippen MR) is 118 cm³/mol. The zero-order chi connectivity index (χ0) is 20.8. The number of ether oxygens (including phenoxy) is 1. The molecule has 0 spiro atoms. The standard InChI is InChI=1S/C25H33N3O2/c1-30-24-9-5-8-22(18-24)20-26-12-10-23(11-13-26)25(29)28-16-14-27(15-17-28)19-21-6-3-2-4-7-21/h2-9,18,23H,10-17,19-20H2,1H3/p+2. The zero-order valence-corrected chi connectivity index (χ0v) is 18.1. The highest BCUT2D eigenvalue weighted by atomic mass is 16.5. The van der Waals surface area contributed by atoms with E-state index in [1.165, 1.54) is 11.1 Å². The molecule has 1 amide bonds. The molecule has 2 aliphatic rings. The van der Waals surface area contributed by atoms with Crippen LogP contribution in [0.1, 0.15) is 24.0 Å². The van der Waals surface area contributed by atoms with Gasteiger partial charge in [0.1, 0.15) is 18.8 Å². The van der Waals surface area contributed by atoms with Crippen LogP contribution in [0.2, 0.25) is 0 Å². The van der Waals surface area contributed by atoms with Crippen molar-refractivity contribution in [2.75, 3.05) is 46.4 Å². The first-order chi connectivity index (χ1) is 14.7. The van der Waals surface area contributed by atoms with E-state index in [1.807, 2.05) is 6.07 Å². The molecule has 2 heterocycles. The summed E-state index contributed by atoms with van der Waals surface area (Å²) in [6, 6.07) is 19.0. The zero-order valence-electron chi connectivity index (χ0n) is 18.1. The van der Waals surface area contributed by atoms with Gasteiger partial charge in [0.2, 0.25) is 5.91 Å². The fourth-order valence-electron chi connectivity index (χ4n) is 4.88. The quantitative estimate of drug-likeness (QED) is 0.726. The van der Waals surface area contributed by atoms with Crippen molar-refractivity contribution in [2.24, 2.45) is 5.92 Å². The fraction of sp³-hybridized carbons (Fsp3) is 0.480. The summed E-state index contributed by atoms with van der Waals surface area (Å²) in [6.07, 6.45) is 2.02. The van der Waals surface area contributed by atoms with Crippen molar-refractivity contribution in [1.29, 1.82) is 0 Å². The summed E-state index contributed by atoms with van der Waals surface area (Å²) in [5, 5.41) is 0. The summed E-state index contributed by atoms with van der Waals surface area (Å²) in [6.45, 7) is 8.14. The van der Waals surface area contributed by atoms with E-state index in [1.54, 1.807) is 16.9 Å². The van der Waals surface area contributed by atoms with E-state index in [-0.39, 0.29) is 5.92 Å². The number of amides is 1. The van der Waals surface area contributed by atoms with E-state index in [9.17, 15) is 4.79 Å². The number of nitrogens with one attached hydrogen (secondary N) is 2. The molecule has 2 N–H and O–H groups in total. The molecule has 30 heavy (non-hydrogen) atoms. The van der Waals surface area contributed by atoms with Gasteiger partial charge in [-0.25, -0.2) is 0 Å². The first-order valence-corrected chi connectivity index (χ1v) is 11.3. The number of hydrogen-bond acceptors (Lipinski definition) is 2. The molecule has 4 rings (SSSR count). The van der Waals surface area contributed by atoms with Gasteiger partial charge in [0.05, 0.1) is 46.4 Å². The van der Waals surface area contributed by atoms with Crippen LogP contribution in [0.3, 0.4) is 0 Å². The van der Waals surface area contributed by atoms with Crippen LogP contribution in [-0.4, -0.2) is 57.2 Å². The fourth-order valence-corrected chi connectivity index (χ4v) is 4.88. The lowest BCUT2D eigenvalue weighted by molar-refractivity contribution is -0.919. The van der Waals surface area contributed by atoms with Crippen molar-refractivity contribution in [3.63, 3.8) is 0 Å². The number of methoxy groups -OCH3 is 1. The number of piperazine rings is 1. The lowest BCUT2D eigenvalue weighted by atomic mass is 9.94. The molecule has 0 aliphatic carbocycles. The van der Waals surface area contributed by atoms with E-state index in [0.717, 1.165) is 70.9 Å². The van der Waals surface area contributed by atoms with Crippen LogP contribution in [-0.2, 0) is 17.9 Å². The van der Waals surface area contributed by atoms with Gasteiger partial charge in [0, 0.05) is 29.9 Å². The average Bonchev–Trinajstić information content (AvgIpc) is 2.80. The maximum atomic E-state index is 13.1. The number of quaternary nitrogens is 2. The molecule has 0 bridgehead atoms. The number of rotatable bonds is 6. The van der Waals surface area contributed by atoms with Gasteiger partial charge in [-0.3, -0.25) is 4.79 Å². The number of carbonyl (C=O) groups excluding carboxylic acids is 1. The van der Waals surface area contributed by atoms with Gasteiger partial charge in [-0.2, -0.15) is 0 Å². The smallest absolute Gasteiger partial charge is 0.226 e. The van der Waals surface area contributed by atoms with Crippen LogP contribution in [0.25, 0.3) is 0 Å². The van der Waals surface area contributed by atoms with Crippen molar-refractivity contribution < 1.29 is 19.3 Å². The molecule has 0 saturated carbocycles. The van der Waals surface area contributed by atoms with Gasteiger partial charge in [-0.15, -0.1) is 0 Å². The first-order valence-electron chi connectivity index (χ1n) is 11.3. The minimum Gasteiger partial charge on any atom is -0.497 e. The van der Waals surface area contributed by atoms with E-state index in [0.29, 0.717) is 5.91 Å². The molecule has 0 unspecified atom stereocenters. The van der Waals surface area contributed by atoms with Gasteiger partial charge in [0.25, 0.3) is 0 Å². The van der Waals surface area contributed by atoms with E-state index >= 15 is 0 Å². The minimum absolute atomic E-state index is 0.217. The lowest BCUT2D eigenvalue weighted by Gasteiger charge is -2.36. The molecule has 160 valence electrons. The second kappa shape index (κ2) is 10.1. The Kier molecular flexibility index (Phi) is 7.03. The van der Waals surface area contributed by atoms with Crippen molar-refractivity contribution >= 4 is 5.91 Å². The monoisotopic (exact) mass is 409 g/mol. The summed E-state index contributed by atoms with van der Waals surface area (Å²) < 4.78 is 5.34. The van der Waals surface area contributed by atoms with Crippen molar-refractivity contribution in [1.82, 2.24) is 4.90 Å². The molecule has 2 saturated heterocycles.